The number of hydrogen-bond donors (Lipinski definition) is 0. The number of aromatic nitrogens is 3. The van der Waals surface area contributed by atoms with Gasteiger partial charge in [-0.15, -0.1) is 0 Å². The Hall–Kier alpha value is -2.48. The Morgan fingerprint density at radius 1 is 1.14 bits per heavy atom. The average Bonchev–Trinajstić information content (AvgIpc) is 3.19. The lowest BCUT2D eigenvalue weighted by Gasteiger charge is -2.14. The highest BCUT2D eigenvalue weighted by Crippen LogP contribution is 2.36. The molecule has 3 heterocycles. The molecule has 1 aromatic carbocycles. The standard InChI is InChI=1S/C20H17F4N3S/c1-26-15(5-4-11-3-2-6-25-9-11)16-7-12(10-27(16)20(26)28)17-18(23)13(21)8-14(22)19(17)24/h2-3,6,8-9,12H,4-5,7,10H2,1H3/t12-/m0/s1. The van der Waals surface area contributed by atoms with Gasteiger partial charge < -0.3 is 9.13 Å². The van der Waals surface area contributed by atoms with E-state index in [0.29, 0.717) is 11.2 Å². The van der Waals surface area contributed by atoms with Crippen LogP contribution in [0.25, 0.3) is 0 Å². The summed E-state index contributed by atoms with van der Waals surface area (Å²) in [5.41, 5.74) is 2.32. The number of imidazole rings is 1. The zero-order valence-corrected chi connectivity index (χ0v) is 15.9. The lowest BCUT2D eigenvalue weighted by molar-refractivity contribution is 0.422. The number of pyridine rings is 1. The topological polar surface area (TPSA) is 22.8 Å². The second-order valence-electron chi connectivity index (χ2n) is 6.99. The Bertz CT molecular complexity index is 1080. The van der Waals surface area contributed by atoms with E-state index < -0.39 is 34.8 Å². The van der Waals surface area contributed by atoms with E-state index in [0.717, 1.165) is 23.4 Å². The largest absolute Gasteiger partial charge is 0.324 e. The number of aryl methyl sites for hydroxylation is 1. The van der Waals surface area contributed by atoms with Crippen molar-refractivity contribution >= 4 is 12.2 Å². The molecule has 3 nitrogen and oxygen atoms in total. The van der Waals surface area contributed by atoms with Crippen LogP contribution < -0.4 is 0 Å². The van der Waals surface area contributed by atoms with Gasteiger partial charge in [-0.25, -0.2) is 17.6 Å². The monoisotopic (exact) mass is 407 g/mol. The molecular weight excluding hydrogens is 390 g/mol. The van der Waals surface area contributed by atoms with Crippen molar-refractivity contribution in [1.82, 2.24) is 14.1 Å². The van der Waals surface area contributed by atoms with Crippen molar-refractivity contribution in [1.29, 1.82) is 0 Å². The number of fused-ring (bicyclic) bond motifs is 1. The van der Waals surface area contributed by atoms with Crippen molar-refractivity contribution in [2.45, 2.75) is 31.7 Å². The highest BCUT2D eigenvalue weighted by atomic mass is 32.1. The van der Waals surface area contributed by atoms with Crippen LogP contribution in [-0.4, -0.2) is 14.1 Å². The van der Waals surface area contributed by atoms with Gasteiger partial charge in [0.05, 0.1) is 0 Å². The van der Waals surface area contributed by atoms with E-state index in [1.807, 2.05) is 23.7 Å². The van der Waals surface area contributed by atoms with Crippen LogP contribution in [0.3, 0.4) is 0 Å². The molecule has 0 saturated heterocycles. The molecule has 0 radical (unpaired) electrons. The lowest BCUT2D eigenvalue weighted by atomic mass is 9.94. The third kappa shape index (κ3) is 3.05. The van der Waals surface area contributed by atoms with Gasteiger partial charge in [0.25, 0.3) is 0 Å². The first-order valence-corrected chi connectivity index (χ1v) is 9.28. The smallest absolute Gasteiger partial charge is 0.179 e. The minimum Gasteiger partial charge on any atom is -0.324 e. The predicted molar refractivity (Wildman–Crippen MR) is 98.6 cm³/mol. The first-order chi connectivity index (χ1) is 13.4. The van der Waals surface area contributed by atoms with Crippen LogP contribution >= 0.6 is 12.2 Å². The van der Waals surface area contributed by atoms with Gasteiger partial charge in [-0.05, 0) is 43.1 Å². The van der Waals surface area contributed by atoms with Gasteiger partial charge in [0.15, 0.2) is 28.0 Å². The predicted octanol–water partition coefficient (Wildman–Crippen LogP) is 4.63. The molecule has 1 aliphatic heterocycles. The fraction of sp³-hybridized carbons (Fsp3) is 0.300. The van der Waals surface area contributed by atoms with Crippen LogP contribution in [0.15, 0.2) is 30.6 Å². The molecule has 1 aliphatic rings. The molecule has 0 aliphatic carbocycles. The second kappa shape index (κ2) is 7.16. The lowest BCUT2D eigenvalue weighted by Crippen LogP contribution is -2.12. The van der Waals surface area contributed by atoms with Gasteiger partial charge in [-0.1, -0.05) is 6.07 Å². The Kier molecular flexibility index (Phi) is 4.82. The first kappa shape index (κ1) is 18.9. The van der Waals surface area contributed by atoms with Crippen LogP contribution in [0.2, 0.25) is 0 Å². The molecule has 0 spiro atoms. The highest BCUT2D eigenvalue weighted by molar-refractivity contribution is 7.71. The van der Waals surface area contributed by atoms with E-state index in [1.165, 1.54) is 0 Å². The van der Waals surface area contributed by atoms with Crippen LogP contribution in [0.5, 0.6) is 0 Å². The molecule has 4 rings (SSSR count). The Morgan fingerprint density at radius 2 is 1.86 bits per heavy atom. The molecule has 0 saturated carbocycles. The number of benzene rings is 1. The van der Waals surface area contributed by atoms with E-state index in [2.05, 4.69) is 4.98 Å². The maximum absolute atomic E-state index is 14.2. The van der Waals surface area contributed by atoms with Gasteiger partial charge in [0.1, 0.15) is 0 Å². The van der Waals surface area contributed by atoms with Gasteiger partial charge in [0, 0.05) is 54.9 Å². The molecule has 28 heavy (non-hydrogen) atoms. The van der Waals surface area contributed by atoms with E-state index >= 15 is 0 Å². The summed E-state index contributed by atoms with van der Waals surface area (Å²) in [5.74, 6) is -6.14. The van der Waals surface area contributed by atoms with Crippen LogP contribution in [-0.2, 0) is 32.9 Å². The molecule has 0 amide bonds. The van der Waals surface area contributed by atoms with Gasteiger partial charge in [-0.2, -0.15) is 0 Å². The Labute approximate surface area is 164 Å². The summed E-state index contributed by atoms with van der Waals surface area (Å²) in [5, 5.41) is 0. The number of nitrogens with zero attached hydrogens (tertiary/aromatic N) is 3. The van der Waals surface area contributed by atoms with E-state index in [1.54, 1.807) is 17.0 Å². The van der Waals surface area contributed by atoms with Crippen molar-refractivity contribution in [3.63, 3.8) is 0 Å². The second-order valence-corrected chi connectivity index (χ2v) is 7.35. The van der Waals surface area contributed by atoms with Crippen molar-refractivity contribution < 1.29 is 17.6 Å². The maximum atomic E-state index is 14.2. The van der Waals surface area contributed by atoms with Crippen LogP contribution in [0.1, 0.15) is 28.4 Å². The SMILES string of the molecule is Cn1c(CCc2cccnc2)c2n(c1=S)C[C@@H](c1c(F)c(F)cc(F)c1F)C2. The van der Waals surface area contributed by atoms with E-state index in [4.69, 9.17) is 12.2 Å². The normalized spacial score (nSPS) is 15.8. The summed E-state index contributed by atoms with van der Waals surface area (Å²) in [7, 11) is 1.85. The molecule has 0 bridgehead atoms. The zero-order valence-electron chi connectivity index (χ0n) is 15.1. The fourth-order valence-corrected chi connectivity index (χ4v) is 4.26. The molecule has 2 aromatic heterocycles. The molecule has 0 fully saturated rings. The summed E-state index contributed by atoms with van der Waals surface area (Å²) >= 11 is 5.47. The zero-order chi connectivity index (χ0) is 20.0. The van der Waals surface area contributed by atoms with Crippen molar-refractivity contribution in [2.75, 3.05) is 0 Å². The van der Waals surface area contributed by atoms with Gasteiger partial charge in [0.2, 0.25) is 0 Å². The highest BCUT2D eigenvalue weighted by Gasteiger charge is 2.33. The minimum absolute atomic E-state index is 0.186. The molecule has 1 atom stereocenters. The van der Waals surface area contributed by atoms with Crippen LogP contribution in [0, 0.1) is 28.0 Å². The summed E-state index contributed by atoms with van der Waals surface area (Å²) in [6.07, 6.45) is 5.16. The summed E-state index contributed by atoms with van der Waals surface area (Å²) in [6.45, 7) is 0.186. The van der Waals surface area contributed by atoms with Gasteiger partial charge >= 0.3 is 0 Å². The van der Waals surface area contributed by atoms with Crippen molar-refractivity contribution in [3.05, 3.63) is 81.1 Å². The number of rotatable bonds is 4. The van der Waals surface area contributed by atoms with Gasteiger partial charge in [-0.3, -0.25) is 4.98 Å². The third-order valence-electron chi connectivity index (χ3n) is 5.35. The number of halogens is 4. The quantitative estimate of drug-likeness (QED) is 0.358. The van der Waals surface area contributed by atoms with E-state index in [9.17, 15) is 17.6 Å². The summed E-state index contributed by atoms with van der Waals surface area (Å²) in [4.78, 5) is 4.10. The Morgan fingerprint density at radius 3 is 2.50 bits per heavy atom. The number of hydrogen-bond acceptors (Lipinski definition) is 2. The minimum atomic E-state index is -1.38. The Balaban J connectivity index is 1.67. The first-order valence-electron chi connectivity index (χ1n) is 8.87. The van der Waals surface area contributed by atoms with Crippen LogP contribution in [0.4, 0.5) is 17.6 Å². The summed E-state index contributed by atoms with van der Waals surface area (Å²) in [6, 6.07) is 4.07. The molecular formula is C20H17F4N3S. The fourth-order valence-electron chi connectivity index (χ4n) is 3.96. The molecule has 146 valence electrons. The molecule has 8 heteroatoms. The molecule has 3 aromatic rings. The average molecular weight is 407 g/mol. The van der Waals surface area contributed by atoms with E-state index in [-0.39, 0.29) is 19.0 Å². The van der Waals surface area contributed by atoms with Crippen molar-refractivity contribution in [3.8, 4) is 0 Å². The van der Waals surface area contributed by atoms with Crippen molar-refractivity contribution in [2.24, 2.45) is 7.05 Å². The maximum Gasteiger partial charge on any atom is 0.179 e. The molecule has 0 N–H and O–H groups in total. The molecule has 0 unspecified atom stereocenters. The third-order valence-corrected chi connectivity index (χ3v) is 5.85. The summed E-state index contributed by atoms with van der Waals surface area (Å²) < 4.78 is 60.0.